The number of nitrogens with zero attached hydrogens (tertiary/aromatic N) is 1. The van der Waals surface area contributed by atoms with E-state index < -0.39 is 34.7 Å². The molecule has 0 aromatic rings. The number of carbonyl (C=O) groups excluding carboxylic acids is 3. The molecule has 1 rings (SSSR count). The minimum Gasteiger partial charge on any atom is -0.549 e. The van der Waals surface area contributed by atoms with Crippen molar-refractivity contribution >= 4 is 18.0 Å². The molecule has 0 aliphatic carbocycles. The third-order valence-corrected chi connectivity index (χ3v) is 4.60. The van der Waals surface area contributed by atoms with Gasteiger partial charge in [0.15, 0.2) is 0 Å². The molecule has 0 unspecified atom stereocenters. The van der Waals surface area contributed by atoms with Crippen molar-refractivity contribution in [2.24, 2.45) is 11.3 Å². The molecule has 9 heteroatoms. The van der Waals surface area contributed by atoms with Crippen LogP contribution >= 0.6 is 0 Å². The summed E-state index contributed by atoms with van der Waals surface area (Å²) in [6.07, 6.45) is 0.362. The van der Waals surface area contributed by atoms with Gasteiger partial charge in [0.05, 0.1) is 5.97 Å². The molecule has 0 radical (unpaired) electrons. The van der Waals surface area contributed by atoms with Gasteiger partial charge in [-0.15, -0.1) is 0 Å². The van der Waals surface area contributed by atoms with Gasteiger partial charge in [-0.25, -0.2) is 4.79 Å². The van der Waals surface area contributed by atoms with E-state index in [2.05, 4.69) is 5.32 Å². The summed E-state index contributed by atoms with van der Waals surface area (Å²) in [5.74, 6) is -1.45. The topological polar surface area (TPSA) is 108 Å². The fourth-order valence-electron chi connectivity index (χ4n) is 3.17. The SMILES string of the molecule is CC(C)[C@H](NCCCC1(C(=O)[O-])CN(C(=O)OC(C)(C)C)C1)C(=O)OC(C)(C)C.[Li+]. The Morgan fingerprint density at radius 3 is 1.93 bits per heavy atom. The second-order valence-electron chi connectivity index (χ2n) is 10.2. The maximum absolute atomic E-state index is 12.4. The Labute approximate surface area is 192 Å². The Morgan fingerprint density at radius 2 is 1.53 bits per heavy atom. The Balaban J connectivity index is 0.00000841. The Kier molecular flexibility index (Phi) is 10.4. The normalized spacial score (nSPS) is 16.9. The number of carboxylic acids is 1. The van der Waals surface area contributed by atoms with Crippen molar-refractivity contribution in [2.75, 3.05) is 19.6 Å². The summed E-state index contributed by atoms with van der Waals surface area (Å²) in [4.78, 5) is 37.5. The number of carbonyl (C=O) groups is 3. The zero-order valence-corrected chi connectivity index (χ0v) is 20.1. The average molecular weight is 420 g/mol. The number of likely N-dealkylation sites (tertiary alicyclic amines) is 1. The molecule has 8 nitrogen and oxygen atoms in total. The molecule has 1 N–H and O–H groups in total. The van der Waals surface area contributed by atoms with E-state index in [1.165, 1.54) is 4.90 Å². The first-order valence-corrected chi connectivity index (χ1v) is 10.2. The summed E-state index contributed by atoms with van der Waals surface area (Å²) in [6, 6.07) is -0.465. The molecular formula is C21H37LiN2O6. The van der Waals surface area contributed by atoms with Crippen LogP contribution in [0.5, 0.6) is 0 Å². The molecular weight excluding hydrogens is 383 g/mol. The van der Waals surface area contributed by atoms with Crippen molar-refractivity contribution in [1.29, 1.82) is 0 Å². The molecule has 1 amide bonds. The fourth-order valence-corrected chi connectivity index (χ4v) is 3.17. The third-order valence-electron chi connectivity index (χ3n) is 4.60. The molecule has 30 heavy (non-hydrogen) atoms. The number of carboxylic acid groups (broad SMARTS) is 1. The van der Waals surface area contributed by atoms with E-state index in [0.717, 1.165) is 0 Å². The summed E-state index contributed by atoms with van der Waals surface area (Å²) < 4.78 is 10.7. The average Bonchev–Trinajstić information content (AvgIpc) is 2.43. The van der Waals surface area contributed by atoms with Crippen LogP contribution in [0.2, 0.25) is 0 Å². The number of aliphatic carboxylic acids is 1. The number of esters is 1. The van der Waals surface area contributed by atoms with Crippen molar-refractivity contribution in [1.82, 2.24) is 10.2 Å². The van der Waals surface area contributed by atoms with E-state index in [4.69, 9.17) is 9.47 Å². The van der Waals surface area contributed by atoms with Crippen LogP contribution in [0.15, 0.2) is 0 Å². The van der Waals surface area contributed by atoms with Gasteiger partial charge in [0.25, 0.3) is 0 Å². The fraction of sp³-hybridized carbons (Fsp3) is 0.857. The van der Waals surface area contributed by atoms with E-state index in [9.17, 15) is 19.5 Å². The van der Waals surface area contributed by atoms with Gasteiger partial charge in [-0.2, -0.15) is 0 Å². The Bertz CT molecular complexity index is 604. The number of hydrogen-bond donors (Lipinski definition) is 1. The zero-order chi connectivity index (χ0) is 22.6. The molecule has 1 aliphatic heterocycles. The predicted molar refractivity (Wildman–Crippen MR) is 107 cm³/mol. The summed E-state index contributed by atoms with van der Waals surface area (Å²) in [7, 11) is 0. The quantitative estimate of drug-likeness (QED) is 0.296. The minimum atomic E-state index is -1.16. The van der Waals surface area contributed by atoms with Crippen LogP contribution in [0.1, 0.15) is 68.2 Å². The maximum Gasteiger partial charge on any atom is 1.00 e. The van der Waals surface area contributed by atoms with Crippen molar-refractivity contribution in [3.05, 3.63) is 0 Å². The smallest absolute Gasteiger partial charge is 0.549 e. The van der Waals surface area contributed by atoms with Crippen molar-refractivity contribution < 1.29 is 47.8 Å². The zero-order valence-electron chi connectivity index (χ0n) is 20.1. The third kappa shape index (κ3) is 8.87. The maximum atomic E-state index is 12.4. The number of rotatable bonds is 8. The second kappa shape index (κ2) is 10.9. The Hall–Kier alpha value is -1.23. The molecule has 1 aliphatic rings. The van der Waals surface area contributed by atoms with Crippen molar-refractivity contribution in [2.45, 2.75) is 85.5 Å². The molecule has 1 heterocycles. The van der Waals surface area contributed by atoms with Gasteiger partial charge in [-0.3, -0.25) is 4.79 Å². The molecule has 0 bridgehead atoms. The molecule has 1 saturated heterocycles. The van der Waals surface area contributed by atoms with E-state index in [0.29, 0.717) is 19.4 Å². The first-order valence-electron chi connectivity index (χ1n) is 10.2. The van der Waals surface area contributed by atoms with E-state index in [-0.39, 0.29) is 43.8 Å². The monoisotopic (exact) mass is 420 g/mol. The van der Waals surface area contributed by atoms with Gasteiger partial charge in [-0.1, -0.05) is 13.8 Å². The number of nitrogens with one attached hydrogen (secondary N) is 1. The second-order valence-corrected chi connectivity index (χ2v) is 10.2. The largest absolute Gasteiger partial charge is 1.00 e. The summed E-state index contributed by atoms with van der Waals surface area (Å²) >= 11 is 0. The van der Waals surface area contributed by atoms with Crippen LogP contribution < -0.4 is 29.3 Å². The van der Waals surface area contributed by atoms with Crippen LogP contribution in [-0.2, 0) is 19.1 Å². The summed E-state index contributed by atoms with van der Waals surface area (Å²) in [6.45, 7) is 15.2. The van der Waals surface area contributed by atoms with Gasteiger partial charge >= 0.3 is 30.9 Å². The molecule has 1 atom stereocenters. The minimum absolute atomic E-state index is 0. The first kappa shape index (κ1) is 28.8. The van der Waals surface area contributed by atoms with Gasteiger partial charge < -0.3 is 29.6 Å². The molecule has 1 fully saturated rings. The van der Waals surface area contributed by atoms with Gasteiger partial charge in [0.2, 0.25) is 0 Å². The van der Waals surface area contributed by atoms with E-state index in [1.807, 2.05) is 34.6 Å². The van der Waals surface area contributed by atoms with Crippen molar-refractivity contribution in [3.63, 3.8) is 0 Å². The molecule has 168 valence electrons. The van der Waals surface area contributed by atoms with Crippen LogP contribution in [-0.4, -0.2) is 59.8 Å². The van der Waals surface area contributed by atoms with E-state index >= 15 is 0 Å². The molecule has 0 aromatic carbocycles. The molecule has 0 spiro atoms. The van der Waals surface area contributed by atoms with Gasteiger partial charge in [0.1, 0.15) is 17.2 Å². The van der Waals surface area contributed by atoms with Crippen molar-refractivity contribution in [3.8, 4) is 0 Å². The van der Waals surface area contributed by atoms with Crippen LogP contribution in [0.25, 0.3) is 0 Å². The molecule has 0 aromatic heterocycles. The molecule has 0 saturated carbocycles. The van der Waals surface area contributed by atoms with Crippen LogP contribution in [0.4, 0.5) is 4.79 Å². The predicted octanol–water partition coefficient (Wildman–Crippen LogP) is -1.29. The summed E-state index contributed by atoms with van der Waals surface area (Å²) in [5.41, 5.74) is -2.27. The van der Waals surface area contributed by atoms with Crippen LogP contribution in [0.3, 0.4) is 0 Å². The number of amides is 1. The van der Waals surface area contributed by atoms with Crippen LogP contribution in [0, 0.1) is 11.3 Å². The van der Waals surface area contributed by atoms with E-state index in [1.54, 1.807) is 20.8 Å². The number of ether oxygens (including phenoxy) is 2. The van der Waals surface area contributed by atoms with Gasteiger partial charge in [0, 0.05) is 18.5 Å². The first-order chi connectivity index (χ1) is 13.1. The number of hydrogen-bond acceptors (Lipinski definition) is 7. The summed E-state index contributed by atoms with van der Waals surface area (Å²) in [5, 5.41) is 14.8. The standard InChI is InChI=1S/C21H38N2O6.Li/c1-14(2)15(16(24)28-19(3,4)5)22-11-9-10-21(17(25)26)12-23(13-21)18(27)29-20(6,7)8;/h14-15,22H,9-13H2,1-8H3,(H,25,26);/q;+1/p-1/t15-;/m0./s1. The Morgan fingerprint density at radius 1 is 1.03 bits per heavy atom. The van der Waals surface area contributed by atoms with Gasteiger partial charge in [-0.05, 0) is 66.8 Å².